The Balaban J connectivity index is 1.89. The third kappa shape index (κ3) is 2.18. The van der Waals surface area contributed by atoms with Crippen molar-refractivity contribution >= 4 is 5.95 Å². The van der Waals surface area contributed by atoms with Gasteiger partial charge < -0.3 is 11.1 Å². The molecule has 0 aromatic carbocycles. The summed E-state index contributed by atoms with van der Waals surface area (Å²) < 4.78 is 0. The van der Waals surface area contributed by atoms with Crippen molar-refractivity contribution in [1.82, 2.24) is 20.5 Å². The predicted octanol–water partition coefficient (Wildman–Crippen LogP) is -0.0710. The van der Waals surface area contributed by atoms with Crippen LogP contribution in [0.5, 0.6) is 0 Å². The molecular weight excluding hydrogens is 166 g/mol. The molecular formula is C8H15N5. The third-order valence-corrected chi connectivity index (χ3v) is 2.49. The lowest BCUT2D eigenvalue weighted by molar-refractivity contribution is 0.367. The number of hydrogen-bond donors (Lipinski definition) is 3. The maximum absolute atomic E-state index is 5.42. The molecule has 0 aliphatic carbocycles. The monoisotopic (exact) mass is 181 g/mol. The molecule has 1 aromatic rings. The SMILES string of the molecule is Nc1n[nH]c(CC2CCNCC2)n1. The van der Waals surface area contributed by atoms with Gasteiger partial charge in [0.1, 0.15) is 5.82 Å². The molecule has 1 saturated heterocycles. The van der Waals surface area contributed by atoms with Crippen LogP contribution in [0.15, 0.2) is 0 Å². The summed E-state index contributed by atoms with van der Waals surface area (Å²) >= 11 is 0. The summed E-state index contributed by atoms with van der Waals surface area (Å²) in [7, 11) is 0. The molecule has 2 rings (SSSR count). The lowest BCUT2D eigenvalue weighted by Crippen LogP contribution is -2.28. The van der Waals surface area contributed by atoms with Crippen molar-refractivity contribution in [2.45, 2.75) is 19.3 Å². The van der Waals surface area contributed by atoms with E-state index >= 15 is 0 Å². The standard InChI is InChI=1S/C8H15N5/c9-8-11-7(12-13-8)5-6-1-3-10-4-2-6/h6,10H,1-5H2,(H3,9,11,12,13). The van der Waals surface area contributed by atoms with E-state index in [0.717, 1.165) is 31.3 Å². The van der Waals surface area contributed by atoms with E-state index in [4.69, 9.17) is 5.73 Å². The highest BCUT2D eigenvalue weighted by Crippen LogP contribution is 2.15. The first-order chi connectivity index (χ1) is 6.34. The van der Waals surface area contributed by atoms with Gasteiger partial charge in [0.25, 0.3) is 0 Å². The lowest BCUT2D eigenvalue weighted by Gasteiger charge is -2.21. The predicted molar refractivity (Wildman–Crippen MR) is 50.1 cm³/mol. The molecule has 0 saturated carbocycles. The van der Waals surface area contributed by atoms with Crippen LogP contribution in [-0.4, -0.2) is 28.3 Å². The number of anilines is 1. The van der Waals surface area contributed by atoms with Crippen LogP contribution < -0.4 is 11.1 Å². The molecule has 1 aliphatic rings. The second kappa shape index (κ2) is 3.74. The van der Waals surface area contributed by atoms with Gasteiger partial charge in [-0.25, -0.2) is 0 Å². The van der Waals surface area contributed by atoms with Crippen molar-refractivity contribution in [2.75, 3.05) is 18.8 Å². The molecule has 0 radical (unpaired) electrons. The molecule has 13 heavy (non-hydrogen) atoms. The van der Waals surface area contributed by atoms with Crippen LogP contribution in [-0.2, 0) is 6.42 Å². The van der Waals surface area contributed by atoms with Crippen molar-refractivity contribution in [3.63, 3.8) is 0 Å². The fourth-order valence-corrected chi connectivity index (χ4v) is 1.76. The molecule has 2 heterocycles. The summed E-state index contributed by atoms with van der Waals surface area (Å²) in [4.78, 5) is 4.10. The van der Waals surface area contributed by atoms with E-state index in [1.807, 2.05) is 0 Å². The molecule has 72 valence electrons. The second-order valence-corrected chi connectivity index (χ2v) is 3.54. The Bertz CT molecular complexity index is 263. The van der Waals surface area contributed by atoms with E-state index in [-0.39, 0.29) is 0 Å². The van der Waals surface area contributed by atoms with E-state index in [9.17, 15) is 0 Å². The fourth-order valence-electron chi connectivity index (χ4n) is 1.76. The van der Waals surface area contributed by atoms with Crippen LogP contribution in [0.1, 0.15) is 18.7 Å². The van der Waals surface area contributed by atoms with Crippen LogP contribution in [0.2, 0.25) is 0 Å². The molecule has 5 heteroatoms. The summed E-state index contributed by atoms with van der Waals surface area (Å²) in [5, 5.41) is 9.99. The number of aromatic amines is 1. The number of piperidine rings is 1. The van der Waals surface area contributed by atoms with Gasteiger partial charge in [0.15, 0.2) is 0 Å². The minimum atomic E-state index is 0.351. The molecule has 0 amide bonds. The number of rotatable bonds is 2. The van der Waals surface area contributed by atoms with E-state index in [1.165, 1.54) is 12.8 Å². The highest BCUT2D eigenvalue weighted by atomic mass is 15.3. The molecule has 0 unspecified atom stereocenters. The highest BCUT2D eigenvalue weighted by Gasteiger charge is 2.14. The van der Waals surface area contributed by atoms with Crippen LogP contribution in [0.25, 0.3) is 0 Å². The molecule has 1 aliphatic heterocycles. The minimum absolute atomic E-state index is 0.351. The number of aromatic nitrogens is 3. The van der Waals surface area contributed by atoms with Gasteiger partial charge in [-0.3, -0.25) is 5.10 Å². The molecule has 0 spiro atoms. The second-order valence-electron chi connectivity index (χ2n) is 3.54. The largest absolute Gasteiger partial charge is 0.367 e. The number of nitrogens with one attached hydrogen (secondary N) is 2. The summed E-state index contributed by atoms with van der Waals surface area (Å²) in [5.41, 5.74) is 5.42. The molecule has 0 bridgehead atoms. The Morgan fingerprint density at radius 3 is 2.77 bits per heavy atom. The molecule has 4 N–H and O–H groups in total. The first kappa shape index (κ1) is 8.50. The Morgan fingerprint density at radius 1 is 1.38 bits per heavy atom. The van der Waals surface area contributed by atoms with Gasteiger partial charge in [0.05, 0.1) is 0 Å². The first-order valence-corrected chi connectivity index (χ1v) is 4.72. The van der Waals surface area contributed by atoms with Crippen molar-refractivity contribution in [2.24, 2.45) is 5.92 Å². The zero-order chi connectivity index (χ0) is 9.10. The molecule has 1 aromatic heterocycles. The maximum Gasteiger partial charge on any atom is 0.239 e. The lowest BCUT2D eigenvalue weighted by atomic mass is 9.94. The Hall–Kier alpha value is -1.10. The summed E-state index contributed by atoms with van der Waals surface area (Å²) in [6.07, 6.45) is 3.42. The summed E-state index contributed by atoms with van der Waals surface area (Å²) in [6, 6.07) is 0. The van der Waals surface area contributed by atoms with Crippen molar-refractivity contribution in [1.29, 1.82) is 0 Å². The van der Waals surface area contributed by atoms with Crippen LogP contribution in [0.3, 0.4) is 0 Å². The van der Waals surface area contributed by atoms with Crippen molar-refractivity contribution in [3.8, 4) is 0 Å². The number of nitrogens with zero attached hydrogens (tertiary/aromatic N) is 2. The van der Waals surface area contributed by atoms with Gasteiger partial charge in [0.2, 0.25) is 5.95 Å². The average Bonchev–Trinajstić information content (AvgIpc) is 2.53. The average molecular weight is 181 g/mol. The smallest absolute Gasteiger partial charge is 0.239 e. The zero-order valence-electron chi connectivity index (χ0n) is 7.58. The Labute approximate surface area is 77.1 Å². The van der Waals surface area contributed by atoms with Crippen LogP contribution in [0, 0.1) is 5.92 Å². The number of nitrogens with two attached hydrogens (primary N) is 1. The first-order valence-electron chi connectivity index (χ1n) is 4.72. The van der Waals surface area contributed by atoms with E-state index in [2.05, 4.69) is 20.5 Å². The van der Waals surface area contributed by atoms with Gasteiger partial charge in [-0.15, -0.1) is 5.10 Å². The number of nitrogen functional groups attached to an aromatic ring is 1. The van der Waals surface area contributed by atoms with Crippen molar-refractivity contribution < 1.29 is 0 Å². The highest BCUT2D eigenvalue weighted by molar-refractivity contribution is 5.12. The summed E-state index contributed by atoms with van der Waals surface area (Å²) in [5.74, 6) is 2.00. The summed E-state index contributed by atoms with van der Waals surface area (Å²) in [6.45, 7) is 2.24. The fraction of sp³-hybridized carbons (Fsp3) is 0.750. The topological polar surface area (TPSA) is 79.6 Å². The van der Waals surface area contributed by atoms with E-state index in [0.29, 0.717) is 5.95 Å². The molecule has 5 nitrogen and oxygen atoms in total. The molecule has 1 fully saturated rings. The molecule has 0 atom stereocenters. The zero-order valence-corrected chi connectivity index (χ0v) is 7.58. The van der Waals surface area contributed by atoms with Crippen molar-refractivity contribution in [3.05, 3.63) is 5.82 Å². The van der Waals surface area contributed by atoms with Gasteiger partial charge in [-0.05, 0) is 31.8 Å². The maximum atomic E-state index is 5.42. The quantitative estimate of drug-likeness (QED) is 0.596. The number of hydrogen-bond acceptors (Lipinski definition) is 4. The van der Waals surface area contributed by atoms with E-state index in [1.54, 1.807) is 0 Å². The minimum Gasteiger partial charge on any atom is -0.367 e. The Kier molecular flexibility index (Phi) is 2.44. The van der Waals surface area contributed by atoms with Gasteiger partial charge >= 0.3 is 0 Å². The third-order valence-electron chi connectivity index (χ3n) is 2.49. The van der Waals surface area contributed by atoms with Crippen LogP contribution in [0.4, 0.5) is 5.95 Å². The van der Waals surface area contributed by atoms with E-state index < -0.39 is 0 Å². The number of H-pyrrole nitrogens is 1. The van der Waals surface area contributed by atoms with Gasteiger partial charge in [-0.1, -0.05) is 0 Å². The van der Waals surface area contributed by atoms with Gasteiger partial charge in [-0.2, -0.15) is 4.98 Å². The normalized spacial score (nSPS) is 19.1. The van der Waals surface area contributed by atoms with Gasteiger partial charge in [0, 0.05) is 6.42 Å². The van der Waals surface area contributed by atoms with Crippen LogP contribution >= 0.6 is 0 Å². The Morgan fingerprint density at radius 2 is 2.15 bits per heavy atom.